The summed E-state index contributed by atoms with van der Waals surface area (Å²) in [6.45, 7) is 4.66. The van der Waals surface area contributed by atoms with E-state index in [1.807, 2.05) is 26.0 Å². The van der Waals surface area contributed by atoms with E-state index >= 15 is 0 Å². The molecule has 0 radical (unpaired) electrons. The third-order valence-electron chi connectivity index (χ3n) is 3.21. The Hall–Kier alpha value is -2.43. The first kappa shape index (κ1) is 15.0. The number of rotatable bonds is 6. The van der Waals surface area contributed by atoms with E-state index in [4.69, 9.17) is 0 Å². The molecule has 0 aromatic carbocycles. The molecule has 0 spiro atoms. The van der Waals surface area contributed by atoms with E-state index in [0.717, 1.165) is 17.7 Å². The molecule has 0 saturated heterocycles. The monoisotopic (exact) mass is 284 g/mol. The number of carbonyl (C=O) groups is 1. The Labute approximate surface area is 124 Å². The van der Waals surface area contributed by atoms with Crippen LogP contribution in [0.25, 0.3) is 0 Å². The fraction of sp³-hybridized carbons (Fsp3) is 0.312. The van der Waals surface area contributed by atoms with E-state index in [2.05, 4.69) is 20.6 Å². The summed E-state index contributed by atoms with van der Waals surface area (Å²) in [6.07, 6.45) is 7.73. The Kier molecular flexibility index (Phi) is 5.26. The lowest BCUT2D eigenvalue weighted by Crippen LogP contribution is -2.32. The molecule has 0 aliphatic rings. The predicted octanol–water partition coefficient (Wildman–Crippen LogP) is 2.62. The van der Waals surface area contributed by atoms with E-state index in [1.54, 1.807) is 30.9 Å². The quantitative estimate of drug-likeness (QED) is 0.855. The van der Waals surface area contributed by atoms with Crippen molar-refractivity contribution in [3.05, 3.63) is 54.1 Å². The van der Waals surface area contributed by atoms with Crippen molar-refractivity contribution >= 4 is 11.6 Å². The zero-order chi connectivity index (χ0) is 15.1. The third-order valence-corrected chi connectivity index (χ3v) is 3.21. The van der Waals surface area contributed by atoms with Gasteiger partial charge in [-0.2, -0.15) is 0 Å². The van der Waals surface area contributed by atoms with E-state index in [-0.39, 0.29) is 11.9 Å². The molecule has 1 amide bonds. The van der Waals surface area contributed by atoms with Crippen LogP contribution in [0.1, 0.15) is 36.2 Å². The Morgan fingerprint density at radius 1 is 1.29 bits per heavy atom. The van der Waals surface area contributed by atoms with Gasteiger partial charge in [-0.05, 0) is 31.0 Å². The molecule has 110 valence electrons. The predicted molar refractivity (Wildman–Crippen MR) is 83.0 cm³/mol. The molecule has 5 nitrogen and oxygen atoms in total. The van der Waals surface area contributed by atoms with Crippen LogP contribution < -0.4 is 10.6 Å². The molecule has 0 aliphatic heterocycles. The van der Waals surface area contributed by atoms with Crippen molar-refractivity contribution in [2.45, 2.75) is 32.9 Å². The van der Waals surface area contributed by atoms with Gasteiger partial charge in [-0.15, -0.1) is 0 Å². The largest absolute Gasteiger partial charge is 0.380 e. The van der Waals surface area contributed by atoms with Crippen LogP contribution in [0.3, 0.4) is 0 Å². The van der Waals surface area contributed by atoms with E-state index in [0.29, 0.717) is 12.1 Å². The maximum atomic E-state index is 12.1. The lowest BCUT2D eigenvalue weighted by atomic mass is 10.2. The highest BCUT2D eigenvalue weighted by molar-refractivity contribution is 5.94. The first-order chi connectivity index (χ1) is 10.2. The van der Waals surface area contributed by atoms with Gasteiger partial charge < -0.3 is 10.6 Å². The number of aromatic nitrogens is 2. The number of nitrogens with one attached hydrogen (secondary N) is 2. The average Bonchev–Trinajstić information content (AvgIpc) is 2.54. The fourth-order valence-electron chi connectivity index (χ4n) is 1.78. The van der Waals surface area contributed by atoms with Gasteiger partial charge in [-0.25, -0.2) is 0 Å². The minimum Gasteiger partial charge on any atom is -0.380 e. The van der Waals surface area contributed by atoms with Crippen molar-refractivity contribution in [2.24, 2.45) is 0 Å². The molecule has 2 heterocycles. The normalized spacial score (nSPS) is 11.7. The van der Waals surface area contributed by atoms with Gasteiger partial charge in [0.05, 0.1) is 11.3 Å². The number of hydrogen-bond acceptors (Lipinski definition) is 4. The van der Waals surface area contributed by atoms with Crippen molar-refractivity contribution in [3.8, 4) is 0 Å². The molecular weight excluding hydrogens is 264 g/mol. The number of nitrogens with zero attached hydrogens (tertiary/aromatic N) is 2. The smallest absolute Gasteiger partial charge is 0.253 e. The van der Waals surface area contributed by atoms with Crippen LogP contribution in [0.5, 0.6) is 0 Å². The Morgan fingerprint density at radius 2 is 2.14 bits per heavy atom. The average molecular weight is 284 g/mol. The first-order valence-corrected chi connectivity index (χ1v) is 7.07. The number of amides is 1. The number of pyridine rings is 2. The maximum Gasteiger partial charge on any atom is 0.253 e. The summed E-state index contributed by atoms with van der Waals surface area (Å²) in [7, 11) is 0. The van der Waals surface area contributed by atoms with Crippen LogP contribution in [-0.4, -0.2) is 21.9 Å². The molecule has 5 heteroatoms. The molecule has 2 rings (SSSR count). The Bertz CT molecular complexity index is 586. The summed E-state index contributed by atoms with van der Waals surface area (Å²) in [6, 6.07) is 5.85. The van der Waals surface area contributed by atoms with Crippen LogP contribution >= 0.6 is 0 Å². The second-order valence-corrected chi connectivity index (χ2v) is 4.96. The second kappa shape index (κ2) is 7.38. The third kappa shape index (κ3) is 4.56. The lowest BCUT2D eigenvalue weighted by Gasteiger charge is -2.12. The molecule has 0 bridgehead atoms. The van der Waals surface area contributed by atoms with Crippen molar-refractivity contribution < 1.29 is 4.79 Å². The van der Waals surface area contributed by atoms with Crippen molar-refractivity contribution in [1.29, 1.82) is 0 Å². The minimum absolute atomic E-state index is 0.0955. The topological polar surface area (TPSA) is 66.9 Å². The first-order valence-electron chi connectivity index (χ1n) is 7.07. The molecule has 2 N–H and O–H groups in total. The summed E-state index contributed by atoms with van der Waals surface area (Å²) in [5.41, 5.74) is 2.45. The van der Waals surface area contributed by atoms with Gasteiger partial charge in [-0.1, -0.05) is 13.0 Å². The van der Waals surface area contributed by atoms with Crippen LogP contribution in [0, 0.1) is 0 Å². The highest BCUT2D eigenvalue weighted by Crippen LogP contribution is 2.10. The van der Waals surface area contributed by atoms with Gasteiger partial charge in [0.15, 0.2) is 0 Å². The Morgan fingerprint density at radius 3 is 2.86 bits per heavy atom. The second-order valence-electron chi connectivity index (χ2n) is 4.96. The highest BCUT2D eigenvalue weighted by Gasteiger charge is 2.09. The summed E-state index contributed by atoms with van der Waals surface area (Å²) in [5.74, 6) is -0.0955. The molecule has 0 saturated carbocycles. The molecule has 0 fully saturated rings. The van der Waals surface area contributed by atoms with Crippen molar-refractivity contribution in [1.82, 2.24) is 15.3 Å². The highest BCUT2D eigenvalue weighted by atomic mass is 16.1. The van der Waals surface area contributed by atoms with Crippen molar-refractivity contribution in [2.75, 3.05) is 5.32 Å². The lowest BCUT2D eigenvalue weighted by molar-refractivity contribution is 0.0939. The van der Waals surface area contributed by atoms with Gasteiger partial charge >= 0.3 is 0 Å². The van der Waals surface area contributed by atoms with E-state index in [1.165, 1.54) is 0 Å². The van der Waals surface area contributed by atoms with Crippen molar-refractivity contribution in [3.63, 3.8) is 0 Å². The molecular formula is C16H20N4O. The SMILES string of the molecule is CCC(C)NC(=O)c1cncc(NCc2cccnc2)c1. The van der Waals surface area contributed by atoms with Crippen LogP contribution in [0.2, 0.25) is 0 Å². The maximum absolute atomic E-state index is 12.1. The minimum atomic E-state index is -0.0955. The zero-order valence-corrected chi connectivity index (χ0v) is 12.3. The molecule has 2 aromatic heterocycles. The summed E-state index contributed by atoms with van der Waals surface area (Å²) < 4.78 is 0. The number of carbonyl (C=O) groups excluding carboxylic acids is 1. The molecule has 2 aromatic rings. The van der Waals surface area contributed by atoms with E-state index in [9.17, 15) is 4.79 Å². The van der Waals surface area contributed by atoms with Crippen LogP contribution in [0.15, 0.2) is 43.0 Å². The van der Waals surface area contributed by atoms with Gasteiger partial charge in [0.25, 0.3) is 5.91 Å². The van der Waals surface area contributed by atoms with Crippen LogP contribution in [-0.2, 0) is 6.54 Å². The van der Waals surface area contributed by atoms with Gasteiger partial charge in [0.2, 0.25) is 0 Å². The Balaban J connectivity index is 1.99. The van der Waals surface area contributed by atoms with Crippen LogP contribution in [0.4, 0.5) is 5.69 Å². The van der Waals surface area contributed by atoms with E-state index < -0.39 is 0 Å². The fourth-order valence-corrected chi connectivity index (χ4v) is 1.78. The van der Waals surface area contributed by atoms with Gasteiger partial charge in [-0.3, -0.25) is 14.8 Å². The summed E-state index contributed by atoms with van der Waals surface area (Å²) in [4.78, 5) is 20.2. The standard InChI is InChI=1S/C16H20N4O/c1-3-12(2)20-16(21)14-7-15(11-18-10-14)19-9-13-5-4-6-17-8-13/h4-8,10-12,19H,3,9H2,1-2H3,(H,20,21). The van der Waals surface area contributed by atoms with Gasteiger partial charge in [0, 0.05) is 37.4 Å². The van der Waals surface area contributed by atoms with Gasteiger partial charge in [0.1, 0.15) is 0 Å². The molecule has 0 aliphatic carbocycles. The summed E-state index contributed by atoms with van der Waals surface area (Å²) in [5, 5.41) is 6.17. The zero-order valence-electron chi connectivity index (χ0n) is 12.3. The number of anilines is 1. The molecule has 1 unspecified atom stereocenters. The molecule has 1 atom stereocenters. The summed E-state index contributed by atoms with van der Waals surface area (Å²) >= 11 is 0. The number of hydrogen-bond donors (Lipinski definition) is 2. The molecule has 21 heavy (non-hydrogen) atoms.